The average molecular weight is 288 g/mol. The number of amides is 1. The zero-order valence-electron chi connectivity index (χ0n) is 12.1. The molecule has 110 valence electrons. The Labute approximate surface area is 121 Å². The van der Waals surface area contributed by atoms with E-state index in [1.807, 2.05) is 32.0 Å². The van der Waals surface area contributed by atoms with E-state index in [4.69, 9.17) is 5.11 Å². The fourth-order valence-corrected chi connectivity index (χ4v) is 2.08. The Morgan fingerprint density at radius 3 is 2.67 bits per heavy atom. The van der Waals surface area contributed by atoms with Crippen LogP contribution in [0.25, 0.3) is 0 Å². The van der Waals surface area contributed by atoms with E-state index in [9.17, 15) is 9.59 Å². The van der Waals surface area contributed by atoms with E-state index in [2.05, 4.69) is 10.3 Å². The Morgan fingerprint density at radius 2 is 2.05 bits per heavy atom. The Kier molecular flexibility index (Phi) is 4.02. The van der Waals surface area contributed by atoms with Gasteiger partial charge in [0.1, 0.15) is 6.54 Å². The molecule has 1 aromatic heterocycles. The topological polar surface area (TPSA) is 88.3 Å². The number of nitrogens with zero attached hydrogens (tertiary/aromatic N) is 4. The van der Waals surface area contributed by atoms with Crippen molar-refractivity contribution in [3.8, 4) is 0 Å². The van der Waals surface area contributed by atoms with Gasteiger partial charge in [-0.05, 0) is 25.5 Å². The second-order valence-electron chi connectivity index (χ2n) is 4.85. The Hall–Kier alpha value is -2.70. The van der Waals surface area contributed by atoms with Crippen LogP contribution in [0.4, 0.5) is 5.69 Å². The number of hydrogen-bond acceptors (Lipinski definition) is 4. The fraction of sp³-hybridized carbons (Fsp3) is 0.286. The van der Waals surface area contributed by atoms with Gasteiger partial charge in [-0.1, -0.05) is 22.9 Å². The molecule has 7 heteroatoms. The molecule has 0 bridgehead atoms. The molecule has 1 amide bonds. The Morgan fingerprint density at radius 1 is 1.33 bits per heavy atom. The zero-order valence-corrected chi connectivity index (χ0v) is 12.1. The average Bonchev–Trinajstić information content (AvgIpc) is 2.84. The van der Waals surface area contributed by atoms with Gasteiger partial charge >= 0.3 is 5.97 Å². The lowest BCUT2D eigenvalue weighted by atomic mass is 10.1. The number of anilines is 1. The van der Waals surface area contributed by atoms with Crippen LogP contribution in [0.2, 0.25) is 0 Å². The normalized spacial score (nSPS) is 10.4. The summed E-state index contributed by atoms with van der Waals surface area (Å²) in [6.45, 7) is 3.58. The van der Waals surface area contributed by atoms with E-state index >= 15 is 0 Å². The number of aliphatic carboxylic acids is 1. The number of aryl methyl sites for hydroxylation is 2. The first-order chi connectivity index (χ1) is 9.88. The third-order valence-corrected chi connectivity index (χ3v) is 3.07. The lowest BCUT2D eigenvalue weighted by Gasteiger charge is -2.18. The van der Waals surface area contributed by atoms with Crippen LogP contribution >= 0.6 is 0 Å². The zero-order chi connectivity index (χ0) is 15.6. The lowest BCUT2D eigenvalue weighted by Crippen LogP contribution is -2.27. The second kappa shape index (κ2) is 5.74. The van der Waals surface area contributed by atoms with Gasteiger partial charge in [-0.15, -0.1) is 5.10 Å². The molecule has 21 heavy (non-hydrogen) atoms. The minimum Gasteiger partial charge on any atom is -0.480 e. The number of carboxylic acids is 1. The molecular formula is C14H16N4O3. The third kappa shape index (κ3) is 3.25. The van der Waals surface area contributed by atoms with E-state index in [1.54, 1.807) is 7.05 Å². The van der Waals surface area contributed by atoms with Crippen molar-refractivity contribution < 1.29 is 14.7 Å². The van der Waals surface area contributed by atoms with Crippen molar-refractivity contribution >= 4 is 17.6 Å². The number of benzene rings is 1. The molecule has 1 N–H and O–H groups in total. The highest BCUT2D eigenvalue weighted by Crippen LogP contribution is 2.21. The molecule has 0 aliphatic rings. The fourth-order valence-electron chi connectivity index (χ4n) is 2.08. The Balaban J connectivity index is 2.22. The van der Waals surface area contributed by atoms with E-state index in [-0.39, 0.29) is 18.1 Å². The van der Waals surface area contributed by atoms with Gasteiger partial charge in [-0.2, -0.15) is 0 Å². The lowest BCUT2D eigenvalue weighted by molar-refractivity contribution is -0.137. The first kappa shape index (κ1) is 14.7. The highest BCUT2D eigenvalue weighted by Gasteiger charge is 2.19. The maximum Gasteiger partial charge on any atom is 0.325 e. The monoisotopic (exact) mass is 288 g/mol. The van der Waals surface area contributed by atoms with Crippen LogP contribution in [0, 0.1) is 13.8 Å². The van der Waals surface area contributed by atoms with Gasteiger partial charge in [0.2, 0.25) is 0 Å². The predicted octanol–water partition coefficient (Wildman–Crippen LogP) is 1.26. The minimum absolute atomic E-state index is 0.110. The number of carbonyl (C=O) groups is 2. The predicted molar refractivity (Wildman–Crippen MR) is 76.3 cm³/mol. The number of aromatic nitrogens is 3. The number of hydrogen-bond donors (Lipinski definition) is 1. The molecule has 0 aliphatic carbocycles. The minimum atomic E-state index is -1.04. The van der Waals surface area contributed by atoms with E-state index < -0.39 is 5.97 Å². The van der Waals surface area contributed by atoms with Crippen molar-refractivity contribution in [2.24, 2.45) is 0 Å². The summed E-state index contributed by atoms with van der Waals surface area (Å²) in [5.41, 5.74) is 2.98. The first-order valence-electron chi connectivity index (χ1n) is 6.35. The summed E-state index contributed by atoms with van der Waals surface area (Å²) in [5, 5.41) is 16.0. The summed E-state index contributed by atoms with van der Waals surface area (Å²) in [6, 6.07) is 5.78. The Bertz CT molecular complexity index is 693. The van der Waals surface area contributed by atoms with Gasteiger partial charge in [-0.25, -0.2) is 4.68 Å². The van der Waals surface area contributed by atoms with Crippen LogP contribution in [0.15, 0.2) is 24.4 Å². The van der Waals surface area contributed by atoms with Gasteiger partial charge < -0.3 is 10.0 Å². The molecule has 0 radical (unpaired) electrons. The van der Waals surface area contributed by atoms with Crippen LogP contribution in [0.5, 0.6) is 0 Å². The molecule has 1 aromatic carbocycles. The van der Waals surface area contributed by atoms with E-state index in [1.165, 1.54) is 11.1 Å². The summed E-state index contributed by atoms with van der Waals surface area (Å²) < 4.78 is 1.12. The van der Waals surface area contributed by atoms with Gasteiger partial charge in [0.05, 0.1) is 6.20 Å². The number of carbonyl (C=O) groups excluding carboxylic acids is 1. The summed E-state index contributed by atoms with van der Waals surface area (Å²) in [4.78, 5) is 24.4. The molecule has 0 atom stereocenters. The maximum absolute atomic E-state index is 12.3. The summed E-state index contributed by atoms with van der Waals surface area (Å²) >= 11 is 0. The van der Waals surface area contributed by atoms with Gasteiger partial charge in [0, 0.05) is 12.7 Å². The third-order valence-electron chi connectivity index (χ3n) is 3.07. The highest BCUT2D eigenvalue weighted by molar-refractivity contribution is 6.04. The number of rotatable bonds is 4. The molecule has 0 unspecified atom stereocenters. The summed E-state index contributed by atoms with van der Waals surface area (Å²) in [6.07, 6.45) is 1.33. The van der Waals surface area contributed by atoms with Crippen molar-refractivity contribution in [1.82, 2.24) is 15.0 Å². The van der Waals surface area contributed by atoms with Crippen molar-refractivity contribution in [2.45, 2.75) is 20.4 Å². The molecule has 0 saturated carbocycles. The van der Waals surface area contributed by atoms with Crippen molar-refractivity contribution in [3.05, 3.63) is 41.2 Å². The molecule has 0 spiro atoms. The van der Waals surface area contributed by atoms with Gasteiger partial charge in [0.15, 0.2) is 5.69 Å². The van der Waals surface area contributed by atoms with Crippen LogP contribution in [-0.2, 0) is 11.3 Å². The van der Waals surface area contributed by atoms with Crippen molar-refractivity contribution in [3.63, 3.8) is 0 Å². The smallest absolute Gasteiger partial charge is 0.325 e. The molecule has 2 aromatic rings. The summed E-state index contributed by atoms with van der Waals surface area (Å²) in [7, 11) is 1.65. The molecule has 1 heterocycles. The highest BCUT2D eigenvalue weighted by atomic mass is 16.4. The molecule has 0 saturated heterocycles. The van der Waals surface area contributed by atoms with E-state index in [0.29, 0.717) is 0 Å². The molecule has 0 aliphatic heterocycles. The molecule has 0 fully saturated rings. The largest absolute Gasteiger partial charge is 0.480 e. The van der Waals surface area contributed by atoms with Gasteiger partial charge in [-0.3, -0.25) is 9.59 Å². The number of carboxylic acid groups (broad SMARTS) is 1. The molecular weight excluding hydrogens is 272 g/mol. The maximum atomic E-state index is 12.3. The second-order valence-corrected chi connectivity index (χ2v) is 4.85. The van der Waals surface area contributed by atoms with E-state index in [0.717, 1.165) is 21.5 Å². The van der Waals surface area contributed by atoms with Gasteiger partial charge in [0.25, 0.3) is 5.91 Å². The quantitative estimate of drug-likeness (QED) is 0.914. The molecule has 2 rings (SSSR count). The SMILES string of the molecule is Cc1ccc(N(C)C(=O)c2cn(CC(=O)O)nn2)c(C)c1. The van der Waals surface area contributed by atoms with Crippen molar-refractivity contribution in [2.75, 3.05) is 11.9 Å². The van der Waals surface area contributed by atoms with Crippen molar-refractivity contribution in [1.29, 1.82) is 0 Å². The van der Waals surface area contributed by atoms with Crippen LogP contribution < -0.4 is 4.90 Å². The first-order valence-corrected chi connectivity index (χ1v) is 6.35. The van der Waals surface area contributed by atoms with Crippen LogP contribution in [-0.4, -0.2) is 39.0 Å². The van der Waals surface area contributed by atoms with Crippen LogP contribution in [0.3, 0.4) is 0 Å². The standard InChI is InChI=1S/C14H16N4O3/c1-9-4-5-12(10(2)6-9)17(3)14(21)11-7-18(16-15-11)8-13(19)20/h4-7H,8H2,1-3H3,(H,19,20). The summed E-state index contributed by atoms with van der Waals surface area (Å²) in [5.74, 6) is -1.37. The molecule has 7 nitrogen and oxygen atoms in total. The van der Waals surface area contributed by atoms with Crippen LogP contribution in [0.1, 0.15) is 21.6 Å².